The maximum absolute atomic E-state index is 12.2. The van der Waals surface area contributed by atoms with E-state index >= 15 is 0 Å². The number of amides is 1. The lowest BCUT2D eigenvalue weighted by Gasteiger charge is -2.08. The van der Waals surface area contributed by atoms with Crippen LogP contribution in [0.15, 0.2) is 17.6 Å². The van der Waals surface area contributed by atoms with Crippen LogP contribution in [0.2, 0.25) is 0 Å². The second-order valence-corrected chi connectivity index (χ2v) is 5.84. The molecule has 1 aromatic heterocycles. The summed E-state index contributed by atoms with van der Waals surface area (Å²) >= 11 is 2.33. The van der Waals surface area contributed by atoms with Gasteiger partial charge in [-0.05, 0) is 6.26 Å². The number of nitrogens with one attached hydrogen (secondary N) is 2. The van der Waals surface area contributed by atoms with Crippen LogP contribution in [0.1, 0.15) is 16.1 Å². The molecule has 1 aromatic rings. The first-order chi connectivity index (χ1) is 9.80. The Kier molecular flexibility index (Phi) is 6.41. The van der Waals surface area contributed by atoms with Crippen molar-refractivity contribution < 1.29 is 18.0 Å². The molecule has 0 unspecified atom stereocenters. The Labute approximate surface area is 129 Å². The van der Waals surface area contributed by atoms with Gasteiger partial charge in [-0.1, -0.05) is 6.08 Å². The second kappa shape index (κ2) is 7.60. The average Bonchev–Trinajstić information content (AvgIpc) is 2.71. The van der Waals surface area contributed by atoms with Gasteiger partial charge in [0.2, 0.25) is 0 Å². The molecule has 118 valence electrons. The van der Waals surface area contributed by atoms with E-state index in [0.717, 1.165) is 11.3 Å². The van der Waals surface area contributed by atoms with E-state index in [1.807, 2.05) is 0 Å². The van der Waals surface area contributed by atoms with E-state index in [-0.39, 0.29) is 23.0 Å². The molecule has 0 aromatic carbocycles. The first-order valence-corrected chi connectivity index (χ1v) is 8.00. The molecule has 0 aliphatic heterocycles. The Morgan fingerprint density at radius 3 is 2.71 bits per heavy atom. The number of nitrogens with two attached hydrogens (primary N) is 1. The van der Waals surface area contributed by atoms with Crippen LogP contribution >= 0.6 is 23.1 Å². The summed E-state index contributed by atoms with van der Waals surface area (Å²) in [6.07, 6.45) is -1.89. The van der Waals surface area contributed by atoms with Gasteiger partial charge in [0.25, 0.3) is 5.91 Å². The van der Waals surface area contributed by atoms with Crippen LogP contribution in [-0.4, -0.2) is 31.4 Å². The fourth-order valence-corrected chi connectivity index (χ4v) is 3.46. The van der Waals surface area contributed by atoms with Crippen molar-refractivity contribution in [1.29, 1.82) is 0 Å². The number of nitrogen functional groups attached to an aromatic ring is 1. The van der Waals surface area contributed by atoms with Crippen LogP contribution in [0.5, 0.6) is 0 Å². The summed E-state index contributed by atoms with van der Waals surface area (Å²) in [4.78, 5) is 12.8. The monoisotopic (exact) mass is 339 g/mol. The van der Waals surface area contributed by atoms with Crippen molar-refractivity contribution in [3.05, 3.63) is 17.5 Å². The average molecular weight is 339 g/mol. The third-order valence-electron chi connectivity index (χ3n) is 2.41. The van der Waals surface area contributed by atoms with Crippen LogP contribution in [0, 0.1) is 0 Å². The second-order valence-electron chi connectivity index (χ2n) is 4.00. The van der Waals surface area contributed by atoms with Gasteiger partial charge in [-0.15, -0.1) is 29.7 Å². The molecule has 4 nitrogen and oxygen atoms in total. The Morgan fingerprint density at radius 2 is 2.19 bits per heavy atom. The molecule has 0 aliphatic rings. The number of carbonyl (C=O) groups excluding carboxylic acids is 1. The number of rotatable bonds is 7. The molecule has 0 radical (unpaired) electrons. The zero-order valence-electron chi connectivity index (χ0n) is 11.3. The van der Waals surface area contributed by atoms with E-state index < -0.39 is 12.6 Å². The fourth-order valence-electron chi connectivity index (χ4n) is 1.48. The van der Waals surface area contributed by atoms with Gasteiger partial charge in [0.1, 0.15) is 9.88 Å². The lowest BCUT2D eigenvalue weighted by atomic mass is 10.3. The summed E-state index contributed by atoms with van der Waals surface area (Å²) in [7, 11) is 0. The van der Waals surface area contributed by atoms with Gasteiger partial charge in [0, 0.05) is 13.1 Å². The number of hydrogen-bond acceptors (Lipinski definition) is 5. The summed E-state index contributed by atoms with van der Waals surface area (Å²) < 4.78 is 36.5. The number of thiophene rings is 1. The molecule has 1 heterocycles. The summed E-state index contributed by atoms with van der Waals surface area (Å²) in [5, 5.41) is 5.76. The first-order valence-electron chi connectivity index (χ1n) is 5.96. The van der Waals surface area contributed by atoms with Crippen LogP contribution < -0.4 is 16.4 Å². The van der Waals surface area contributed by atoms with Gasteiger partial charge in [0.15, 0.2) is 0 Å². The number of halogens is 3. The van der Waals surface area contributed by atoms with Crippen molar-refractivity contribution in [2.75, 3.05) is 30.4 Å². The van der Waals surface area contributed by atoms with Crippen LogP contribution in [-0.2, 0) is 0 Å². The van der Waals surface area contributed by atoms with Crippen molar-refractivity contribution in [3.63, 3.8) is 0 Å². The van der Waals surface area contributed by atoms with Crippen LogP contribution in [0.3, 0.4) is 0 Å². The molecule has 1 amide bonds. The number of anilines is 2. The lowest BCUT2D eigenvalue weighted by molar-refractivity contribution is -0.131. The number of alkyl halides is 3. The quantitative estimate of drug-likeness (QED) is 0.526. The van der Waals surface area contributed by atoms with Crippen LogP contribution in [0.4, 0.5) is 23.9 Å². The van der Waals surface area contributed by atoms with Crippen molar-refractivity contribution in [3.8, 4) is 0 Å². The maximum Gasteiger partial charge on any atom is 0.390 e. The van der Waals surface area contributed by atoms with E-state index in [1.165, 1.54) is 17.8 Å². The third kappa shape index (κ3) is 5.16. The van der Waals surface area contributed by atoms with Crippen LogP contribution in [0.25, 0.3) is 0 Å². The highest BCUT2D eigenvalue weighted by atomic mass is 32.2. The lowest BCUT2D eigenvalue weighted by Crippen LogP contribution is -2.23. The van der Waals surface area contributed by atoms with Crippen molar-refractivity contribution in [1.82, 2.24) is 5.32 Å². The van der Waals surface area contributed by atoms with Gasteiger partial charge < -0.3 is 16.4 Å². The Bertz CT molecular complexity index is 515. The van der Waals surface area contributed by atoms with Crippen molar-refractivity contribution in [2.45, 2.75) is 17.5 Å². The molecule has 0 aliphatic carbocycles. The maximum atomic E-state index is 12.2. The first kappa shape index (κ1) is 17.7. The minimum absolute atomic E-state index is 0.259. The highest BCUT2D eigenvalue weighted by Gasteiger charge is 2.27. The SMILES string of the molecule is C=CCNC(=O)c1sc(NCCC(F)(F)F)c(SC)c1N. The molecule has 0 saturated heterocycles. The third-order valence-corrected chi connectivity index (χ3v) is 4.53. The highest BCUT2D eigenvalue weighted by Crippen LogP contribution is 2.41. The predicted molar refractivity (Wildman–Crippen MR) is 82.2 cm³/mol. The van der Waals surface area contributed by atoms with Gasteiger partial charge in [-0.3, -0.25) is 4.79 Å². The summed E-state index contributed by atoms with van der Waals surface area (Å²) in [5.74, 6) is -0.364. The van der Waals surface area contributed by atoms with Gasteiger partial charge in [-0.25, -0.2) is 0 Å². The minimum atomic E-state index is -4.22. The molecule has 0 spiro atoms. The highest BCUT2D eigenvalue weighted by molar-refractivity contribution is 7.99. The van der Waals surface area contributed by atoms with E-state index in [0.29, 0.717) is 16.4 Å². The Morgan fingerprint density at radius 1 is 1.52 bits per heavy atom. The smallest absolute Gasteiger partial charge is 0.390 e. The molecule has 0 bridgehead atoms. The molecule has 1 rings (SSSR count). The van der Waals surface area contributed by atoms with Gasteiger partial charge in [0.05, 0.1) is 17.0 Å². The zero-order valence-corrected chi connectivity index (χ0v) is 13.0. The topological polar surface area (TPSA) is 67.2 Å². The van der Waals surface area contributed by atoms with E-state index in [1.54, 1.807) is 6.26 Å². The molecule has 0 atom stereocenters. The van der Waals surface area contributed by atoms with Gasteiger partial charge >= 0.3 is 6.18 Å². The van der Waals surface area contributed by atoms with Gasteiger partial charge in [-0.2, -0.15) is 13.2 Å². The number of carbonyl (C=O) groups is 1. The fraction of sp³-hybridized carbons (Fsp3) is 0.417. The molecule has 9 heteroatoms. The van der Waals surface area contributed by atoms with E-state index in [2.05, 4.69) is 17.2 Å². The Balaban J connectivity index is 2.85. The molecule has 4 N–H and O–H groups in total. The minimum Gasteiger partial charge on any atom is -0.396 e. The molecule has 21 heavy (non-hydrogen) atoms. The molecule has 0 fully saturated rings. The summed E-state index contributed by atoms with van der Waals surface area (Å²) in [5.41, 5.74) is 6.17. The normalized spacial score (nSPS) is 11.2. The van der Waals surface area contributed by atoms with Crippen molar-refractivity contribution >= 4 is 39.7 Å². The molecular weight excluding hydrogens is 323 g/mol. The van der Waals surface area contributed by atoms with E-state index in [4.69, 9.17) is 5.73 Å². The summed E-state index contributed by atoms with van der Waals surface area (Å²) in [6.45, 7) is 3.52. The molecule has 0 saturated carbocycles. The number of thioether (sulfide) groups is 1. The number of hydrogen-bond donors (Lipinski definition) is 3. The Hall–Kier alpha value is -1.35. The largest absolute Gasteiger partial charge is 0.396 e. The summed E-state index contributed by atoms with van der Waals surface area (Å²) in [6, 6.07) is 0. The predicted octanol–water partition coefficient (Wildman–Crippen LogP) is 3.33. The zero-order chi connectivity index (χ0) is 16.0. The molecular formula is C12H16F3N3OS2. The van der Waals surface area contributed by atoms with Crippen molar-refractivity contribution in [2.24, 2.45) is 0 Å². The van der Waals surface area contributed by atoms with E-state index in [9.17, 15) is 18.0 Å². The standard InChI is InChI=1S/C12H16F3N3OS2/c1-3-5-17-10(19)8-7(16)9(20-2)11(21-8)18-6-4-12(13,14)15/h3,18H,1,4-6,16H2,2H3,(H,17,19).